The Morgan fingerprint density at radius 3 is 2.48 bits per heavy atom. The van der Waals surface area contributed by atoms with Gasteiger partial charge in [-0.3, -0.25) is 38.9 Å². The maximum absolute atomic E-state index is 14.2. The van der Waals surface area contributed by atoms with E-state index in [1.54, 1.807) is 22.9 Å². The molecule has 0 bridgehead atoms. The maximum Gasteiger partial charge on any atom is 0.284 e. The lowest BCUT2D eigenvalue weighted by molar-refractivity contribution is -0.136. The van der Waals surface area contributed by atoms with Gasteiger partial charge in [-0.15, -0.1) is 5.10 Å². The van der Waals surface area contributed by atoms with Gasteiger partial charge in [-0.1, -0.05) is 17.4 Å². The van der Waals surface area contributed by atoms with Crippen LogP contribution >= 0.6 is 11.3 Å². The summed E-state index contributed by atoms with van der Waals surface area (Å²) in [6.07, 6.45) is 7.28. The number of anilines is 3. The number of imidazole rings is 1. The fourth-order valence-corrected chi connectivity index (χ4v) is 10.3. The first-order valence-electron chi connectivity index (χ1n) is 20.7. The molecular weight excluding hydrogens is 801 g/mol. The molecule has 20 heteroatoms. The van der Waals surface area contributed by atoms with Crippen molar-refractivity contribution in [2.45, 2.75) is 94.8 Å². The van der Waals surface area contributed by atoms with Crippen molar-refractivity contribution in [3.63, 3.8) is 0 Å². The summed E-state index contributed by atoms with van der Waals surface area (Å²) in [5.41, 5.74) is 0.773. The van der Waals surface area contributed by atoms with Gasteiger partial charge in [0.1, 0.15) is 6.04 Å². The van der Waals surface area contributed by atoms with Gasteiger partial charge < -0.3 is 25.2 Å². The van der Waals surface area contributed by atoms with E-state index in [4.69, 9.17) is 4.74 Å². The fourth-order valence-electron chi connectivity index (χ4n) is 9.42. The van der Waals surface area contributed by atoms with E-state index in [0.717, 1.165) is 62.8 Å². The Morgan fingerprint density at radius 1 is 0.983 bits per heavy atom. The molecule has 0 radical (unpaired) electrons. The molecule has 0 spiro atoms. The normalized spacial score (nSPS) is 25.1. The van der Waals surface area contributed by atoms with Crippen molar-refractivity contribution >= 4 is 62.3 Å². The number of fused-ring (bicyclic) bond motifs is 2. The summed E-state index contributed by atoms with van der Waals surface area (Å²) >= 11 is 1.35. The molecule has 5 aliphatic rings. The largest absolute Gasteiger partial charge is 0.382 e. The Balaban J connectivity index is 0.762. The predicted octanol–water partition coefficient (Wildman–Crippen LogP) is 4.50. The molecule has 3 N–H and O–H groups in total. The van der Waals surface area contributed by atoms with Gasteiger partial charge in [0.05, 0.1) is 42.3 Å². The standard InChI is InChI=1S/C40H47F2N11O6S/c1-49(24-11-7-23(8-12-24)44-27-4-2-3-26-32(27)38(58)52(37(26)57)29-13-14-31(54)46-35(29)55)20-22-5-9-25(10-6-22)51-21-28(33(47-51)34(41)42)45-36(56)30-19-43-39-53(30)48-40(60-39)50-15-17-59-18-16-50/h2-4,19,21-25,29,34,44H,5-18,20H2,1H3,(H,45,56)(H,46,54,55). The second-order valence-electron chi connectivity index (χ2n) is 16.4. The molecule has 3 aliphatic heterocycles. The van der Waals surface area contributed by atoms with E-state index < -0.39 is 47.7 Å². The van der Waals surface area contributed by atoms with E-state index in [9.17, 15) is 32.8 Å². The van der Waals surface area contributed by atoms with Crippen LogP contribution in [-0.4, -0.2) is 122 Å². The lowest BCUT2D eigenvalue weighted by atomic mass is 9.84. The zero-order valence-corrected chi connectivity index (χ0v) is 34.0. The van der Waals surface area contributed by atoms with Crippen LogP contribution in [0, 0.1) is 5.92 Å². The smallest absolute Gasteiger partial charge is 0.284 e. The Kier molecular flexibility index (Phi) is 11.1. The van der Waals surface area contributed by atoms with Crippen molar-refractivity contribution in [1.82, 2.24) is 39.5 Å². The number of nitrogens with zero attached hydrogens (tertiary/aromatic N) is 8. The summed E-state index contributed by atoms with van der Waals surface area (Å²) in [7, 11) is 2.16. The number of piperidine rings is 1. The first kappa shape index (κ1) is 40.1. The molecule has 3 aromatic heterocycles. The number of carbonyl (C=O) groups is 5. The molecule has 1 atom stereocenters. The molecule has 2 saturated heterocycles. The highest BCUT2D eigenvalue weighted by atomic mass is 32.1. The Hall–Kier alpha value is -5.34. The van der Waals surface area contributed by atoms with Gasteiger partial charge >= 0.3 is 0 Å². The van der Waals surface area contributed by atoms with Gasteiger partial charge in [-0.05, 0) is 82.9 Å². The third-order valence-electron chi connectivity index (χ3n) is 12.7. The molecule has 17 nitrogen and oxygen atoms in total. The second-order valence-corrected chi connectivity index (χ2v) is 17.4. The zero-order chi connectivity index (χ0) is 41.7. The number of benzene rings is 1. The summed E-state index contributed by atoms with van der Waals surface area (Å²) in [4.78, 5) is 74.8. The van der Waals surface area contributed by atoms with Crippen LogP contribution in [0.2, 0.25) is 0 Å². The number of carbonyl (C=O) groups excluding carboxylic acids is 5. The number of hydrogen-bond donors (Lipinski definition) is 3. The number of hydrogen-bond acceptors (Lipinski definition) is 13. The maximum atomic E-state index is 14.2. The van der Waals surface area contributed by atoms with Gasteiger partial charge in [0, 0.05) is 50.0 Å². The third-order valence-corrected chi connectivity index (χ3v) is 13.7. The average Bonchev–Trinajstić information content (AvgIpc) is 4.02. The van der Waals surface area contributed by atoms with E-state index in [0.29, 0.717) is 54.0 Å². The predicted molar refractivity (Wildman–Crippen MR) is 215 cm³/mol. The molecule has 60 heavy (non-hydrogen) atoms. The number of rotatable bonds is 11. The van der Waals surface area contributed by atoms with Crippen LogP contribution in [0.15, 0.2) is 30.6 Å². The zero-order valence-electron chi connectivity index (χ0n) is 33.1. The molecule has 5 amide bonds. The Bertz CT molecular complexity index is 2310. The van der Waals surface area contributed by atoms with E-state index in [1.165, 1.54) is 28.2 Å². The Morgan fingerprint density at radius 2 is 1.75 bits per heavy atom. The van der Waals surface area contributed by atoms with Crippen LogP contribution in [0.25, 0.3) is 4.96 Å². The highest BCUT2D eigenvalue weighted by molar-refractivity contribution is 7.20. The number of halogens is 2. The van der Waals surface area contributed by atoms with Crippen molar-refractivity contribution < 1.29 is 37.5 Å². The van der Waals surface area contributed by atoms with Crippen LogP contribution in [-0.2, 0) is 14.3 Å². The first-order chi connectivity index (χ1) is 29.0. The number of imide groups is 2. The number of alkyl halides is 2. The summed E-state index contributed by atoms with van der Waals surface area (Å²) in [6, 6.07) is 4.54. The van der Waals surface area contributed by atoms with Crippen molar-refractivity contribution in [2.24, 2.45) is 5.92 Å². The van der Waals surface area contributed by atoms with Crippen molar-refractivity contribution in [3.05, 3.63) is 53.1 Å². The molecule has 6 heterocycles. The van der Waals surface area contributed by atoms with Crippen LogP contribution < -0.4 is 20.9 Å². The van der Waals surface area contributed by atoms with Crippen LogP contribution in [0.3, 0.4) is 0 Å². The van der Waals surface area contributed by atoms with Crippen LogP contribution in [0.5, 0.6) is 0 Å². The molecule has 318 valence electrons. The summed E-state index contributed by atoms with van der Waals surface area (Å²) in [6.45, 7) is 3.45. The first-order valence-corrected chi connectivity index (χ1v) is 21.5. The lowest BCUT2D eigenvalue weighted by Gasteiger charge is -2.38. The van der Waals surface area contributed by atoms with Gasteiger partial charge in [-0.25, -0.2) is 13.8 Å². The summed E-state index contributed by atoms with van der Waals surface area (Å²) in [5.74, 6) is -2.23. The lowest BCUT2D eigenvalue weighted by Crippen LogP contribution is -2.54. The van der Waals surface area contributed by atoms with E-state index >= 15 is 0 Å². The summed E-state index contributed by atoms with van der Waals surface area (Å²) < 4.78 is 36.9. The van der Waals surface area contributed by atoms with Crippen molar-refractivity contribution in [3.8, 4) is 0 Å². The number of ether oxygens (including phenoxy) is 1. The number of nitrogens with one attached hydrogen (secondary N) is 3. The minimum absolute atomic E-state index is 0.0218. The third kappa shape index (κ3) is 7.75. The highest BCUT2D eigenvalue weighted by Crippen LogP contribution is 2.38. The van der Waals surface area contributed by atoms with Gasteiger partial charge in [0.2, 0.25) is 21.9 Å². The molecule has 4 fully saturated rings. The molecule has 2 aliphatic carbocycles. The van der Waals surface area contributed by atoms with Crippen LogP contribution in [0.1, 0.15) is 114 Å². The SMILES string of the molecule is CN(CC1CCC(n2cc(NC(=O)c3cnc4sc(N5CCOCC5)nn34)c(C(F)F)n2)CC1)C1CCC(Nc2cccc3c2C(=O)N(C2CCC(=O)NC2=O)C3=O)CC1. The quantitative estimate of drug-likeness (QED) is 0.180. The minimum atomic E-state index is -2.87. The van der Waals surface area contributed by atoms with Crippen LogP contribution in [0.4, 0.5) is 25.3 Å². The van der Waals surface area contributed by atoms with Crippen molar-refractivity contribution in [1.29, 1.82) is 0 Å². The summed E-state index contributed by atoms with van der Waals surface area (Å²) in [5, 5.41) is 18.0. The minimum Gasteiger partial charge on any atom is -0.382 e. The monoisotopic (exact) mass is 847 g/mol. The van der Waals surface area contributed by atoms with Crippen molar-refractivity contribution in [2.75, 3.05) is 55.4 Å². The fraction of sp³-hybridized carbons (Fsp3) is 0.550. The molecule has 2 saturated carbocycles. The molecule has 4 aromatic rings. The molecular formula is C40H47F2N11O6S. The molecule has 1 unspecified atom stereocenters. The average molecular weight is 848 g/mol. The van der Waals surface area contributed by atoms with E-state index in [-0.39, 0.29) is 47.4 Å². The topological polar surface area (TPSA) is 188 Å². The number of morpholine rings is 1. The van der Waals surface area contributed by atoms with E-state index in [2.05, 4.69) is 48.0 Å². The highest BCUT2D eigenvalue weighted by Gasteiger charge is 2.46. The number of amides is 5. The molecule has 1 aromatic carbocycles. The van der Waals surface area contributed by atoms with E-state index in [1.807, 2.05) is 0 Å². The second kappa shape index (κ2) is 16.6. The van der Waals surface area contributed by atoms with Gasteiger partial charge in [0.25, 0.3) is 24.1 Å². The van der Waals surface area contributed by atoms with Gasteiger partial charge in [0.15, 0.2) is 11.4 Å². The van der Waals surface area contributed by atoms with Gasteiger partial charge in [-0.2, -0.15) is 9.61 Å². The Labute approximate surface area is 347 Å². The number of aromatic nitrogens is 5. The molecule has 9 rings (SSSR count).